The van der Waals surface area contributed by atoms with Crippen molar-refractivity contribution in [2.75, 3.05) is 19.8 Å². The molecular formula is C21H26Cl2N2O2. The topological polar surface area (TPSA) is 64.4 Å². The number of nitrogens with one attached hydrogen (secondary N) is 1. The van der Waals surface area contributed by atoms with E-state index in [-0.39, 0.29) is 23.7 Å². The van der Waals surface area contributed by atoms with Crippen LogP contribution in [0.5, 0.6) is 0 Å². The number of ether oxygens (including phenoxy) is 1. The first-order valence-electron chi connectivity index (χ1n) is 9.00. The number of carbonyl (C=O) groups is 1. The second kappa shape index (κ2) is 10.1. The summed E-state index contributed by atoms with van der Waals surface area (Å²) in [6.07, 6.45) is 2.23. The van der Waals surface area contributed by atoms with Gasteiger partial charge in [0.15, 0.2) is 0 Å². The fourth-order valence-corrected chi connectivity index (χ4v) is 3.69. The van der Waals surface area contributed by atoms with Crippen LogP contribution in [0.2, 0.25) is 5.02 Å². The molecule has 27 heavy (non-hydrogen) atoms. The Morgan fingerprint density at radius 2 is 1.85 bits per heavy atom. The predicted octanol–water partition coefficient (Wildman–Crippen LogP) is 3.50. The molecule has 1 heterocycles. The zero-order valence-electron chi connectivity index (χ0n) is 15.2. The minimum atomic E-state index is -0.561. The van der Waals surface area contributed by atoms with Gasteiger partial charge >= 0.3 is 0 Å². The van der Waals surface area contributed by atoms with Gasteiger partial charge in [0.05, 0.1) is 6.04 Å². The normalized spacial score (nSPS) is 16.8. The van der Waals surface area contributed by atoms with Gasteiger partial charge in [-0.3, -0.25) is 4.79 Å². The highest BCUT2D eigenvalue weighted by atomic mass is 35.5. The van der Waals surface area contributed by atoms with Crippen LogP contribution in [-0.4, -0.2) is 31.7 Å². The smallest absolute Gasteiger partial charge is 0.237 e. The summed E-state index contributed by atoms with van der Waals surface area (Å²) in [5.74, 6) is -0.123. The van der Waals surface area contributed by atoms with E-state index in [1.165, 1.54) is 0 Å². The van der Waals surface area contributed by atoms with Crippen molar-refractivity contribution >= 4 is 29.9 Å². The molecule has 0 unspecified atom stereocenters. The largest absolute Gasteiger partial charge is 0.381 e. The molecule has 1 amide bonds. The first-order chi connectivity index (χ1) is 12.6. The highest BCUT2D eigenvalue weighted by molar-refractivity contribution is 6.30. The van der Waals surface area contributed by atoms with Crippen LogP contribution in [0.3, 0.4) is 0 Å². The third-order valence-electron chi connectivity index (χ3n) is 5.12. The number of hydrogen-bond donors (Lipinski definition) is 2. The van der Waals surface area contributed by atoms with E-state index in [0.29, 0.717) is 31.2 Å². The number of halogens is 2. The Morgan fingerprint density at radius 3 is 2.52 bits per heavy atom. The number of hydrogen-bond acceptors (Lipinski definition) is 3. The minimum absolute atomic E-state index is 0. The third kappa shape index (κ3) is 5.69. The summed E-state index contributed by atoms with van der Waals surface area (Å²) in [4.78, 5) is 12.5. The van der Waals surface area contributed by atoms with Gasteiger partial charge in [-0.25, -0.2) is 0 Å². The van der Waals surface area contributed by atoms with Crippen molar-refractivity contribution in [1.82, 2.24) is 5.32 Å². The van der Waals surface area contributed by atoms with E-state index < -0.39 is 6.04 Å². The maximum atomic E-state index is 12.5. The summed E-state index contributed by atoms with van der Waals surface area (Å²) in [5, 5.41) is 3.78. The highest BCUT2D eigenvalue weighted by Crippen LogP contribution is 2.35. The van der Waals surface area contributed by atoms with Gasteiger partial charge in [-0.2, -0.15) is 0 Å². The van der Waals surface area contributed by atoms with Crippen molar-refractivity contribution in [3.8, 4) is 0 Å². The van der Waals surface area contributed by atoms with Crippen LogP contribution in [0.15, 0.2) is 54.6 Å². The number of rotatable bonds is 6. The molecule has 0 spiro atoms. The molecule has 1 aliphatic heterocycles. The Balaban J connectivity index is 0.00000261. The van der Waals surface area contributed by atoms with Crippen LogP contribution in [-0.2, 0) is 21.4 Å². The summed E-state index contributed by atoms with van der Waals surface area (Å²) in [5.41, 5.74) is 8.16. The lowest BCUT2D eigenvalue weighted by molar-refractivity contribution is -0.122. The summed E-state index contributed by atoms with van der Waals surface area (Å²) in [7, 11) is 0. The average molecular weight is 409 g/mol. The lowest BCUT2D eigenvalue weighted by Gasteiger charge is -2.38. The van der Waals surface area contributed by atoms with Gasteiger partial charge < -0.3 is 15.8 Å². The van der Waals surface area contributed by atoms with Gasteiger partial charge in [-0.1, -0.05) is 54.1 Å². The zero-order chi connectivity index (χ0) is 18.4. The Hall–Kier alpha value is -1.59. The molecule has 2 aromatic rings. The molecular weight excluding hydrogens is 383 g/mol. The molecule has 4 nitrogen and oxygen atoms in total. The molecule has 3 rings (SSSR count). The number of carbonyl (C=O) groups excluding carboxylic acids is 1. The summed E-state index contributed by atoms with van der Waals surface area (Å²) in [6, 6.07) is 17.2. The first-order valence-corrected chi connectivity index (χ1v) is 9.38. The van der Waals surface area contributed by atoms with Crippen LogP contribution < -0.4 is 11.1 Å². The summed E-state index contributed by atoms with van der Waals surface area (Å²) < 4.78 is 5.54. The van der Waals surface area contributed by atoms with Crippen LogP contribution >= 0.6 is 24.0 Å². The second-order valence-corrected chi connectivity index (χ2v) is 7.35. The highest BCUT2D eigenvalue weighted by Gasteiger charge is 2.35. The standard InChI is InChI=1S/C21H25ClN2O2.ClH/c22-18-8-4-7-17(14-18)21(9-11-26-12-10-21)15-24-20(25)19(23)13-16-5-2-1-3-6-16;/h1-8,14,19H,9-13,15,23H2,(H,24,25);1H/t19-;/m0./s1. The minimum Gasteiger partial charge on any atom is -0.381 e. The zero-order valence-corrected chi connectivity index (χ0v) is 16.8. The molecule has 0 aliphatic carbocycles. The molecule has 1 saturated heterocycles. The molecule has 0 saturated carbocycles. The third-order valence-corrected chi connectivity index (χ3v) is 5.36. The Kier molecular flexibility index (Phi) is 8.11. The maximum Gasteiger partial charge on any atom is 0.237 e. The molecule has 2 aromatic carbocycles. The number of amides is 1. The second-order valence-electron chi connectivity index (χ2n) is 6.92. The number of benzene rings is 2. The van der Waals surface area contributed by atoms with E-state index in [0.717, 1.165) is 24.0 Å². The van der Waals surface area contributed by atoms with Gasteiger partial charge in [0.25, 0.3) is 0 Å². The van der Waals surface area contributed by atoms with Crippen LogP contribution in [0.1, 0.15) is 24.0 Å². The van der Waals surface area contributed by atoms with Crippen molar-refractivity contribution < 1.29 is 9.53 Å². The predicted molar refractivity (Wildman–Crippen MR) is 112 cm³/mol. The Morgan fingerprint density at radius 1 is 1.15 bits per heavy atom. The molecule has 146 valence electrons. The SMILES string of the molecule is Cl.N[C@@H](Cc1ccccc1)C(=O)NCC1(c2cccc(Cl)c2)CCOCC1. The molecule has 1 aliphatic rings. The monoisotopic (exact) mass is 408 g/mol. The van der Waals surface area contributed by atoms with Crippen molar-refractivity contribution in [3.05, 3.63) is 70.7 Å². The molecule has 3 N–H and O–H groups in total. The molecule has 0 radical (unpaired) electrons. The average Bonchev–Trinajstić information content (AvgIpc) is 2.67. The van der Waals surface area contributed by atoms with E-state index in [1.807, 2.05) is 48.5 Å². The summed E-state index contributed by atoms with van der Waals surface area (Å²) >= 11 is 6.19. The van der Waals surface area contributed by atoms with Gasteiger partial charge in [0.2, 0.25) is 5.91 Å². The summed E-state index contributed by atoms with van der Waals surface area (Å²) in [6.45, 7) is 1.90. The van der Waals surface area contributed by atoms with E-state index in [1.54, 1.807) is 0 Å². The number of nitrogens with two attached hydrogens (primary N) is 1. The first kappa shape index (κ1) is 21.7. The lowest BCUT2D eigenvalue weighted by Crippen LogP contribution is -2.49. The Labute approximate surface area is 171 Å². The van der Waals surface area contributed by atoms with Gasteiger partial charge in [0.1, 0.15) is 0 Å². The van der Waals surface area contributed by atoms with Crippen LogP contribution in [0, 0.1) is 0 Å². The molecule has 6 heteroatoms. The van der Waals surface area contributed by atoms with Crippen molar-refractivity contribution in [2.24, 2.45) is 5.73 Å². The molecule has 0 bridgehead atoms. The van der Waals surface area contributed by atoms with Gasteiger partial charge in [-0.15, -0.1) is 12.4 Å². The molecule has 1 fully saturated rings. The fraction of sp³-hybridized carbons (Fsp3) is 0.381. The van der Waals surface area contributed by atoms with Crippen LogP contribution in [0.4, 0.5) is 0 Å². The molecule has 1 atom stereocenters. The lowest BCUT2D eigenvalue weighted by atomic mass is 9.74. The van der Waals surface area contributed by atoms with E-state index in [4.69, 9.17) is 22.1 Å². The van der Waals surface area contributed by atoms with Crippen molar-refractivity contribution in [2.45, 2.75) is 30.7 Å². The fourth-order valence-electron chi connectivity index (χ4n) is 3.50. The maximum absolute atomic E-state index is 12.5. The van der Waals surface area contributed by atoms with Gasteiger partial charge in [0, 0.05) is 30.2 Å². The van der Waals surface area contributed by atoms with Crippen molar-refractivity contribution in [3.63, 3.8) is 0 Å². The molecule has 0 aromatic heterocycles. The van der Waals surface area contributed by atoms with E-state index in [2.05, 4.69) is 11.4 Å². The van der Waals surface area contributed by atoms with Crippen LogP contribution in [0.25, 0.3) is 0 Å². The van der Waals surface area contributed by atoms with E-state index >= 15 is 0 Å². The van der Waals surface area contributed by atoms with Gasteiger partial charge in [-0.05, 0) is 42.5 Å². The quantitative estimate of drug-likeness (QED) is 0.768. The Bertz CT molecular complexity index is 734. The van der Waals surface area contributed by atoms with Crippen molar-refractivity contribution in [1.29, 1.82) is 0 Å². The van der Waals surface area contributed by atoms with E-state index in [9.17, 15) is 4.79 Å².